The fourth-order valence-corrected chi connectivity index (χ4v) is 8.36. The highest BCUT2D eigenvalue weighted by Crippen LogP contribution is 2.58. The van der Waals surface area contributed by atoms with Crippen molar-refractivity contribution < 1.29 is 28.6 Å². The van der Waals surface area contributed by atoms with Crippen LogP contribution in [0.25, 0.3) is 0 Å². The lowest BCUT2D eigenvalue weighted by atomic mass is 9.71. The van der Waals surface area contributed by atoms with E-state index in [2.05, 4.69) is 10.3 Å². The van der Waals surface area contributed by atoms with Crippen LogP contribution in [0, 0.1) is 11.8 Å². The smallest absolute Gasteiger partial charge is 0.269 e. The summed E-state index contributed by atoms with van der Waals surface area (Å²) in [6, 6.07) is 31.8. The first kappa shape index (κ1) is 33.7. The third kappa shape index (κ3) is 5.64. The number of halogens is 1. The van der Waals surface area contributed by atoms with Gasteiger partial charge in [0.05, 0.1) is 30.2 Å². The first-order chi connectivity index (χ1) is 25.1. The molecule has 1 N–H and O–H groups in total. The lowest BCUT2D eigenvalue weighted by Crippen LogP contribution is -2.45. The van der Waals surface area contributed by atoms with Crippen LogP contribution in [0.5, 0.6) is 5.75 Å². The molecule has 0 radical (unpaired) electrons. The summed E-state index contributed by atoms with van der Waals surface area (Å²) in [5.41, 5.74) is 1.79. The molecule has 1 aromatic heterocycles. The number of nitrogens with zero attached hydrogens (tertiary/aromatic N) is 5. The molecular formula is C41H40FN5O5. The zero-order chi connectivity index (χ0) is 36.2. The first-order valence-electron chi connectivity index (χ1n) is 17.6. The van der Waals surface area contributed by atoms with E-state index < -0.39 is 35.3 Å². The van der Waals surface area contributed by atoms with Gasteiger partial charge in [-0.1, -0.05) is 84.9 Å². The summed E-state index contributed by atoms with van der Waals surface area (Å²) < 4.78 is 30.3. The second-order valence-electron chi connectivity index (χ2n) is 14.3. The average molecular weight is 702 g/mol. The van der Waals surface area contributed by atoms with E-state index in [0.29, 0.717) is 41.3 Å². The van der Waals surface area contributed by atoms with Crippen molar-refractivity contribution in [3.63, 3.8) is 0 Å². The topological polar surface area (TPSA) is 110 Å². The Morgan fingerprint density at radius 3 is 2.38 bits per heavy atom. The minimum atomic E-state index is -1.65. The molecule has 5 aromatic rings. The number of aryl methyl sites for hydroxylation is 1. The minimum Gasteiger partial charge on any atom is -0.482 e. The van der Waals surface area contributed by atoms with Crippen LogP contribution < -0.4 is 14.5 Å². The molecule has 1 fully saturated rings. The number of rotatable bonds is 9. The van der Waals surface area contributed by atoms with Crippen molar-refractivity contribution in [3.05, 3.63) is 132 Å². The van der Waals surface area contributed by atoms with Crippen LogP contribution >= 0.6 is 0 Å². The van der Waals surface area contributed by atoms with Gasteiger partial charge in [0, 0.05) is 29.6 Å². The van der Waals surface area contributed by atoms with E-state index in [-0.39, 0.29) is 25.0 Å². The summed E-state index contributed by atoms with van der Waals surface area (Å²) in [5.74, 6) is -0.846. The quantitative estimate of drug-likeness (QED) is 0.183. The van der Waals surface area contributed by atoms with E-state index in [1.807, 2.05) is 110 Å². The number of para-hydroxylation sites is 3. The lowest BCUT2D eigenvalue weighted by Gasteiger charge is -2.32. The van der Waals surface area contributed by atoms with Gasteiger partial charge in [-0.25, -0.2) is 4.39 Å². The second-order valence-corrected chi connectivity index (χ2v) is 14.3. The van der Waals surface area contributed by atoms with Gasteiger partial charge < -0.3 is 19.5 Å². The van der Waals surface area contributed by atoms with Crippen molar-refractivity contribution in [1.82, 2.24) is 15.0 Å². The number of anilines is 3. The molecule has 4 aromatic carbocycles. The summed E-state index contributed by atoms with van der Waals surface area (Å²) >= 11 is 0. The second kappa shape index (κ2) is 13.0. The molecule has 3 aliphatic rings. The number of aliphatic hydroxyl groups excluding tert-OH is 1. The molecule has 1 spiro atoms. The number of carbonyl (C=O) groups excluding carboxylic acids is 2. The highest BCUT2D eigenvalue weighted by Gasteiger charge is 2.66. The minimum absolute atomic E-state index is 0.0486. The Morgan fingerprint density at radius 1 is 0.942 bits per heavy atom. The van der Waals surface area contributed by atoms with Crippen molar-refractivity contribution in [3.8, 4) is 5.75 Å². The maximum Gasteiger partial charge on any atom is 0.269 e. The predicted octanol–water partition coefficient (Wildman–Crippen LogP) is 6.65. The molecule has 1 saturated heterocycles. The van der Waals surface area contributed by atoms with Crippen molar-refractivity contribution >= 4 is 28.9 Å². The number of carbonyl (C=O) groups is 2. The number of hydrogen-bond donors (Lipinski definition) is 1. The Labute approximate surface area is 301 Å². The molecule has 8 rings (SSSR count). The number of hydrogen-bond acceptors (Lipinski definition) is 7. The van der Waals surface area contributed by atoms with E-state index in [1.165, 1.54) is 0 Å². The molecule has 0 aliphatic carbocycles. The molecule has 0 unspecified atom stereocenters. The molecule has 5 atom stereocenters. The Hall–Kier alpha value is -5.39. The van der Waals surface area contributed by atoms with Crippen molar-refractivity contribution in [2.45, 2.75) is 63.8 Å². The van der Waals surface area contributed by atoms with E-state index in [1.54, 1.807) is 34.5 Å². The van der Waals surface area contributed by atoms with Gasteiger partial charge in [0.25, 0.3) is 11.8 Å². The average Bonchev–Trinajstić information content (AvgIpc) is 3.81. The summed E-state index contributed by atoms with van der Waals surface area (Å²) in [6.07, 6.45) is 0.547. The summed E-state index contributed by atoms with van der Waals surface area (Å²) in [6.45, 7) is 5.59. The number of aromatic nitrogens is 3. The molecule has 0 saturated carbocycles. The van der Waals surface area contributed by atoms with Crippen LogP contribution in [0.3, 0.4) is 0 Å². The molecule has 266 valence electrons. The highest BCUT2D eigenvalue weighted by atomic mass is 19.1. The number of aliphatic hydroxyl groups is 1. The monoisotopic (exact) mass is 701 g/mol. The molecule has 52 heavy (non-hydrogen) atoms. The number of benzene rings is 4. The normalized spacial score (nSPS) is 23.1. The molecule has 0 bridgehead atoms. The number of fused-ring (bicyclic) bond motifs is 3. The third-order valence-electron chi connectivity index (χ3n) is 10.7. The molecule has 2 amide bonds. The van der Waals surface area contributed by atoms with Gasteiger partial charge in [-0.05, 0) is 61.7 Å². The fraction of sp³-hybridized carbons (Fsp3) is 0.317. The third-order valence-corrected chi connectivity index (χ3v) is 10.7. The lowest BCUT2D eigenvalue weighted by molar-refractivity contribution is -0.146. The Kier molecular flexibility index (Phi) is 8.42. The van der Waals surface area contributed by atoms with Gasteiger partial charge in [-0.3, -0.25) is 19.2 Å². The SMILES string of the molecule is C[C@@H]1[C@@H](C(C)(C)F)[C@H](CCn2cc([C@H](O)c3ccccc3)nn2)O[C@@]12C(=O)N(Cc1ccc(N3C(=O)COc4ccccc43)cc1)c1ccccc12. The Morgan fingerprint density at radius 2 is 1.63 bits per heavy atom. The van der Waals surface area contributed by atoms with Crippen molar-refractivity contribution in [2.75, 3.05) is 16.4 Å². The van der Waals surface area contributed by atoms with Gasteiger partial charge in [-0.15, -0.1) is 5.10 Å². The summed E-state index contributed by atoms with van der Waals surface area (Å²) in [5, 5.41) is 19.3. The zero-order valence-corrected chi connectivity index (χ0v) is 29.2. The van der Waals surface area contributed by atoms with Crippen LogP contribution in [0.2, 0.25) is 0 Å². The highest BCUT2D eigenvalue weighted by molar-refractivity contribution is 6.07. The molecule has 11 heteroatoms. The van der Waals surface area contributed by atoms with Crippen LogP contribution in [-0.4, -0.2) is 50.3 Å². The van der Waals surface area contributed by atoms with Gasteiger partial charge in [0.2, 0.25) is 0 Å². The Bertz CT molecular complexity index is 2120. The summed E-state index contributed by atoms with van der Waals surface area (Å²) in [4.78, 5) is 31.0. The first-order valence-corrected chi connectivity index (χ1v) is 17.6. The van der Waals surface area contributed by atoms with Gasteiger partial charge in [0.1, 0.15) is 23.2 Å². The summed E-state index contributed by atoms with van der Waals surface area (Å²) in [7, 11) is 0. The Balaban J connectivity index is 1.04. The van der Waals surface area contributed by atoms with Gasteiger partial charge in [0.15, 0.2) is 12.2 Å². The van der Waals surface area contributed by atoms with E-state index >= 15 is 4.39 Å². The van der Waals surface area contributed by atoms with E-state index in [0.717, 1.165) is 16.8 Å². The van der Waals surface area contributed by atoms with Gasteiger partial charge in [-0.2, -0.15) is 0 Å². The number of ether oxygens (including phenoxy) is 2. The van der Waals surface area contributed by atoms with E-state index in [9.17, 15) is 14.7 Å². The molecule has 10 nitrogen and oxygen atoms in total. The molecule has 4 heterocycles. The van der Waals surface area contributed by atoms with Crippen LogP contribution in [0.15, 0.2) is 109 Å². The molecule has 3 aliphatic heterocycles. The maximum absolute atomic E-state index is 16.2. The van der Waals surface area contributed by atoms with Crippen LogP contribution in [-0.2, 0) is 33.0 Å². The predicted molar refractivity (Wildman–Crippen MR) is 193 cm³/mol. The van der Waals surface area contributed by atoms with E-state index in [4.69, 9.17) is 9.47 Å². The standard InChI is InChI=1S/C41H40FN5O5/c1-26-37(40(2,3)42)35(21-22-45-24-31(43-44-45)38(49)28-11-5-4-6-12-28)52-41(26)30-13-7-8-14-32(30)46(39(41)50)23-27-17-19-29(20-18-27)47-33-15-9-10-16-34(33)51-25-36(47)48/h4-20,24,26,35,37-38,49H,21-23,25H2,1-3H3/t26-,35+,37-,38-,41+/m1/s1. The van der Waals surface area contributed by atoms with Crippen LogP contribution in [0.4, 0.5) is 21.5 Å². The number of amides is 2. The zero-order valence-electron chi connectivity index (χ0n) is 29.2. The largest absolute Gasteiger partial charge is 0.482 e. The van der Waals surface area contributed by atoms with Gasteiger partial charge >= 0.3 is 0 Å². The van der Waals surface area contributed by atoms with Crippen molar-refractivity contribution in [1.29, 1.82) is 0 Å². The van der Waals surface area contributed by atoms with Crippen molar-refractivity contribution in [2.24, 2.45) is 11.8 Å². The van der Waals surface area contributed by atoms with Crippen LogP contribution in [0.1, 0.15) is 55.7 Å². The maximum atomic E-state index is 16.2. The fourth-order valence-electron chi connectivity index (χ4n) is 8.36. The molecular weight excluding hydrogens is 661 g/mol. The number of alkyl halides is 1.